The molecule has 0 N–H and O–H groups in total. The van der Waals surface area contributed by atoms with Gasteiger partial charge in [0, 0.05) is 67.3 Å². The lowest BCUT2D eigenvalue weighted by atomic mass is 9.86. The lowest BCUT2D eigenvalue weighted by Gasteiger charge is -2.35. The van der Waals surface area contributed by atoms with Crippen molar-refractivity contribution in [3.05, 3.63) is 71.9 Å². The minimum Gasteiger partial charge on any atom is -0.435 e. The molecule has 2 bridgehead atoms. The molecular weight excluding hydrogens is 516 g/mol. The zero-order chi connectivity index (χ0) is 27.4. The normalized spacial score (nSPS) is 25.5. The molecule has 1 radical (unpaired) electrons. The average Bonchev–Trinajstić information content (AvgIpc) is 3.60. The van der Waals surface area contributed by atoms with Crippen molar-refractivity contribution in [2.45, 2.75) is 37.9 Å². The molecule has 7 rings (SSSR count). The summed E-state index contributed by atoms with van der Waals surface area (Å²) in [6.07, 6.45) is 10.3. The summed E-state index contributed by atoms with van der Waals surface area (Å²) in [5.41, 5.74) is 4.88. The van der Waals surface area contributed by atoms with Gasteiger partial charge in [0.15, 0.2) is 0 Å². The topological polar surface area (TPSA) is 81.9 Å². The Balaban J connectivity index is 1.22. The van der Waals surface area contributed by atoms with Crippen LogP contribution >= 0.6 is 0 Å². The first-order valence-electron chi connectivity index (χ1n) is 13.6. The average molecular weight is 545 g/mol. The molecule has 5 atom stereocenters. The maximum absolute atomic E-state index is 13.2. The lowest BCUT2D eigenvalue weighted by molar-refractivity contribution is -0.0506. The summed E-state index contributed by atoms with van der Waals surface area (Å²) in [6, 6.07) is 10.8. The zero-order valence-corrected chi connectivity index (χ0v) is 21.9. The molecule has 8 nitrogen and oxygen atoms in total. The van der Waals surface area contributed by atoms with Gasteiger partial charge in [0.05, 0.1) is 11.4 Å². The van der Waals surface area contributed by atoms with Gasteiger partial charge in [-0.2, -0.15) is 8.78 Å². The monoisotopic (exact) mass is 544 g/mol. The highest BCUT2D eigenvalue weighted by Gasteiger charge is 2.43. The Hall–Kier alpha value is -3.92. The molecule has 2 aliphatic carbocycles. The van der Waals surface area contributed by atoms with Crippen LogP contribution in [0.2, 0.25) is 0 Å². The SMILES string of the molecule is CO[C@@H]1C[C@H](c2ccccc2OC(F)F)c2c1nc1ccc(-c3cnc(N4CC5CC[C@H](C4)[C@H]5[C]=O)nc3)cn21. The number of fused-ring (bicyclic) bond motifs is 5. The van der Waals surface area contributed by atoms with E-state index in [-0.39, 0.29) is 23.7 Å². The Morgan fingerprint density at radius 1 is 1.02 bits per heavy atom. The van der Waals surface area contributed by atoms with Gasteiger partial charge in [-0.15, -0.1) is 0 Å². The van der Waals surface area contributed by atoms with E-state index < -0.39 is 6.61 Å². The summed E-state index contributed by atoms with van der Waals surface area (Å²) in [6.45, 7) is -1.36. The van der Waals surface area contributed by atoms with Crippen molar-refractivity contribution in [2.75, 3.05) is 25.1 Å². The van der Waals surface area contributed by atoms with E-state index in [1.165, 1.54) is 0 Å². The minimum atomic E-state index is -2.91. The van der Waals surface area contributed by atoms with Crippen LogP contribution in [-0.4, -0.2) is 52.4 Å². The molecule has 10 heteroatoms. The highest BCUT2D eigenvalue weighted by molar-refractivity contribution is 5.65. The number of piperidine rings is 1. The maximum Gasteiger partial charge on any atom is 0.387 e. The van der Waals surface area contributed by atoms with E-state index >= 15 is 0 Å². The molecule has 0 spiro atoms. The molecule has 1 aliphatic heterocycles. The van der Waals surface area contributed by atoms with E-state index in [2.05, 4.69) is 21.2 Å². The number of hydrogen-bond donors (Lipinski definition) is 0. The number of imidazole rings is 1. The molecule has 40 heavy (non-hydrogen) atoms. The van der Waals surface area contributed by atoms with Gasteiger partial charge in [0.2, 0.25) is 12.2 Å². The van der Waals surface area contributed by atoms with Crippen LogP contribution in [0.3, 0.4) is 0 Å². The van der Waals surface area contributed by atoms with Crippen LogP contribution in [0, 0.1) is 17.8 Å². The number of aromatic nitrogens is 4. The van der Waals surface area contributed by atoms with Crippen LogP contribution in [0.25, 0.3) is 16.8 Å². The molecule has 3 aromatic heterocycles. The summed E-state index contributed by atoms with van der Waals surface area (Å²) in [7, 11) is 1.64. The van der Waals surface area contributed by atoms with Gasteiger partial charge >= 0.3 is 6.61 Å². The molecule has 4 heterocycles. The molecule has 205 valence electrons. The van der Waals surface area contributed by atoms with Crippen molar-refractivity contribution in [3.63, 3.8) is 0 Å². The van der Waals surface area contributed by atoms with Gasteiger partial charge in [-0.1, -0.05) is 18.2 Å². The van der Waals surface area contributed by atoms with E-state index in [1.54, 1.807) is 19.2 Å². The second-order valence-electron chi connectivity index (χ2n) is 10.9. The number of carbonyl (C=O) groups excluding carboxylic acids is 1. The highest BCUT2D eigenvalue weighted by atomic mass is 19.3. The summed E-state index contributed by atoms with van der Waals surface area (Å²) in [5, 5.41) is 0. The van der Waals surface area contributed by atoms with Crippen molar-refractivity contribution >= 4 is 17.9 Å². The van der Waals surface area contributed by atoms with Crippen molar-refractivity contribution in [3.8, 4) is 16.9 Å². The maximum atomic E-state index is 13.2. The first-order valence-corrected chi connectivity index (χ1v) is 13.6. The van der Waals surface area contributed by atoms with Crippen LogP contribution in [0.5, 0.6) is 5.75 Å². The van der Waals surface area contributed by atoms with Crippen LogP contribution < -0.4 is 9.64 Å². The van der Waals surface area contributed by atoms with E-state index in [0.29, 0.717) is 29.8 Å². The Labute approximate surface area is 230 Å². The van der Waals surface area contributed by atoms with Crippen molar-refractivity contribution in [1.29, 1.82) is 0 Å². The minimum absolute atomic E-state index is 0.0367. The molecule has 4 aromatic rings. The Bertz CT molecular complexity index is 1540. The summed E-state index contributed by atoms with van der Waals surface area (Å²) in [5.74, 6) is 1.28. The summed E-state index contributed by atoms with van der Waals surface area (Å²) >= 11 is 0. The van der Waals surface area contributed by atoms with Gasteiger partial charge in [-0.25, -0.2) is 15.0 Å². The van der Waals surface area contributed by atoms with Crippen LogP contribution in [0.4, 0.5) is 14.7 Å². The molecule has 1 unspecified atom stereocenters. The van der Waals surface area contributed by atoms with Gasteiger partial charge in [0.25, 0.3) is 0 Å². The van der Waals surface area contributed by atoms with Crippen molar-refractivity contribution in [1.82, 2.24) is 19.4 Å². The number of para-hydroxylation sites is 1. The molecule has 1 saturated carbocycles. The second-order valence-corrected chi connectivity index (χ2v) is 10.9. The number of halogens is 2. The Morgan fingerprint density at radius 2 is 1.77 bits per heavy atom. The molecular formula is C30H28F2N5O3. The standard InChI is InChI=1S/C30H28F2N5O3/c1-39-25-10-22(21-4-2-3-5-24(21)40-29(31)32)28-27(25)35-26-9-8-17(15-37(26)28)20-11-33-30(34-12-20)36-13-18-6-7-19(14-36)23(18)16-38/h2-5,8-9,11-12,15,18-19,22-23,25,29H,6-7,10,13-14H2,1H3/t18-,19?,22-,23-,25-/m1/s1. The van der Waals surface area contributed by atoms with E-state index in [1.807, 2.05) is 47.3 Å². The van der Waals surface area contributed by atoms with E-state index in [9.17, 15) is 13.6 Å². The van der Waals surface area contributed by atoms with Crippen LogP contribution in [-0.2, 0) is 9.53 Å². The molecule has 2 fully saturated rings. The zero-order valence-electron chi connectivity index (χ0n) is 21.9. The fraction of sp³-hybridized carbons (Fsp3) is 0.400. The van der Waals surface area contributed by atoms with Crippen LogP contribution in [0.1, 0.15) is 48.2 Å². The number of ether oxygens (including phenoxy) is 2. The number of rotatable bonds is 7. The summed E-state index contributed by atoms with van der Waals surface area (Å²) < 4.78 is 39.0. The number of methoxy groups -OCH3 is 1. The fourth-order valence-electron chi connectivity index (χ4n) is 6.94. The first kappa shape index (κ1) is 25.1. The number of benzene rings is 1. The van der Waals surface area contributed by atoms with Crippen molar-refractivity contribution in [2.24, 2.45) is 17.8 Å². The number of hydrogen-bond acceptors (Lipinski definition) is 7. The molecule has 1 saturated heterocycles. The first-order chi connectivity index (χ1) is 19.5. The summed E-state index contributed by atoms with van der Waals surface area (Å²) in [4.78, 5) is 27.8. The third-order valence-corrected chi connectivity index (χ3v) is 8.79. The quantitative estimate of drug-likeness (QED) is 0.317. The van der Waals surface area contributed by atoms with Crippen LogP contribution in [0.15, 0.2) is 55.0 Å². The largest absolute Gasteiger partial charge is 0.435 e. The lowest BCUT2D eigenvalue weighted by Crippen LogP contribution is -2.43. The van der Waals surface area contributed by atoms with E-state index in [0.717, 1.165) is 54.1 Å². The van der Waals surface area contributed by atoms with Gasteiger partial charge in [-0.05, 0) is 49.3 Å². The number of pyridine rings is 1. The van der Waals surface area contributed by atoms with E-state index in [4.69, 9.17) is 14.5 Å². The number of nitrogens with zero attached hydrogens (tertiary/aromatic N) is 5. The molecule has 1 aromatic carbocycles. The third-order valence-electron chi connectivity index (χ3n) is 8.79. The fourth-order valence-corrected chi connectivity index (χ4v) is 6.94. The molecule has 0 amide bonds. The van der Waals surface area contributed by atoms with Gasteiger partial charge in [0.1, 0.15) is 17.5 Å². The Kier molecular flexibility index (Phi) is 6.22. The highest BCUT2D eigenvalue weighted by Crippen LogP contribution is 2.48. The predicted octanol–water partition coefficient (Wildman–Crippen LogP) is 5.19. The number of alkyl halides is 2. The molecule has 3 aliphatic rings. The van der Waals surface area contributed by atoms with Gasteiger partial charge < -0.3 is 18.8 Å². The third kappa shape index (κ3) is 4.13. The van der Waals surface area contributed by atoms with Crippen molar-refractivity contribution < 1.29 is 23.0 Å². The van der Waals surface area contributed by atoms with Gasteiger partial charge in [-0.3, -0.25) is 4.79 Å². The second kappa shape index (κ2) is 9.92. The Morgan fingerprint density at radius 3 is 2.48 bits per heavy atom. The smallest absolute Gasteiger partial charge is 0.387 e. The number of anilines is 1. The predicted molar refractivity (Wildman–Crippen MR) is 143 cm³/mol.